The lowest BCUT2D eigenvalue weighted by atomic mass is 9.94. The van der Waals surface area contributed by atoms with Gasteiger partial charge in [-0.15, -0.1) is 22.7 Å². The minimum absolute atomic E-state index is 0.137. The third-order valence-corrected chi connectivity index (χ3v) is 8.38. The van der Waals surface area contributed by atoms with E-state index in [9.17, 15) is 19.5 Å². The summed E-state index contributed by atoms with van der Waals surface area (Å²) >= 11 is 4.00. The standard InChI is InChI=1S/C21H18N6O5S3/c1-9-5-10-3-4-26(6-13(10)35-9)19-16(20(30)31)27-12(8-33-19)15(18(27)29)24-17(28)14(25-32-2)11-7-34-21(22)23-11/h3-7,12,15H,8H2,1-2H3,(H3-,22,23,24,28,30,31). The predicted octanol–water partition coefficient (Wildman–Crippen LogP) is -0.0950. The zero-order chi connectivity index (χ0) is 24.9. The first-order chi connectivity index (χ1) is 16.8. The second-order valence-corrected chi connectivity index (χ2v) is 10.9. The number of fused-ring (bicyclic) bond motifs is 2. The van der Waals surface area contributed by atoms with Crippen molar-refractivity contribution in [1.29, 1.82) is 0 Å². The van der Waals surface area contributed by atoms with Crippen molar-refractivity contribution in [3.05, 3.63) is 46.2 Å². The maximum atomic E-state index is 13.0. The lowest BCUT2D eigenvalue weighted by Crippen LogP contribution is -2.74. The Balaban J connectivity index is 1.42. The number of hydrogen-bond donors (Lipinski definition) is 2. The molecule has 5 rings (SSSR count). The Bertz CT molecular complexity index is 1440. The molecule has 5 heterocycles. The molecule has 0 bridgehead atoms. The third-order valence-electron chi connectivity index (χ3n) is 5.52. The average Bonchev–Trinajstić information content (AvgIpc) is 3.43. The number of carboxylic acid groups (broad SMARTS) is 1. The van der Waals surface area contributed by atoms with Crippen molar-refractivity contribution in [1.82, 2.24) is 15.2 Å². The van der Waals surface area contributed by atoms with Crippen LogP contribution in [0.2, 0.25) is 0 Å². The second-order valence-electron chi connectivity index (χ2n) is 7.70. The highest BCUT2D eigenvalue weighted by Gasteiger charge is 2.54. The summed E-state index contributed by atoms with van der Waals surface area (Å²) < 4.78 is 2.69. The van der Waals surface area contributed by atoms with Gasteiger partial charge in [0.15, 0.2) is 23.2 Å². The molecule has 0 radical (unpaired) electrons. The van der Waals surface area contributed by atoms with Crippen LogP contribution in [0, 0.1) is 6.92 Å². The normalized spacial score (nSPS) is 20.0. The van der Waals surface area contributed by atoms with Crippen molar-refractivity contribution in [2.24, 2.45) is 5.16 Å². The number of pyridine rings is 1. The van der Waals surface area contributed by atoms with Gasteiger partial charge in [-0.25, -0.2) is 4.98 Å². The highest BCUT2D eigenvalue weighted by Crippen LogP contribution is 2.39. The summed E-state index contributed by atoms with van der Waals surface area (Å²) in [6, 6.07) is 2.45. The number of β-lactam (4-membered cyclic amide) rings is 1. The molecule has 3 aromatic rings. The largest absolute Gasteiger partial charge is 0.543 e. The van der Waals surface area contributed by atoms with Crippen molar-refractivity contribution < 1.29 is 28.9 Å². The second kappa shape index (κ2) is 8.94. The number of aliphatic carboxylic acids is 1. The number of amides is 2. The van der Waals surface area contributed by atoms with Crippen LogP contribution in [0.4, 0.5) is 5.13 Å². The van der Waals surface area contributed by atoms with E-state index >= 15 is 0 Å². The van der Waals surface area contributed by atoms with Gasteiger partial charge < -0.3 is 25.8 Å². The van der Waals surface area contributed by atoms with Crippen LogP contribution in [-0.4, -0.2) is 58.3 Å². The smallest absolute Gasteiger partial charge is 0.276 e. The average molecular weight is 531 g/mol. The maximum absolute atomic E-state index is 13.0. The van der Waals surface area contributed by atoms with E-state index in [0.717, 1.165) is 26.3 Å². The number of nitrogen functional groups attached to an aromatic ring is 1. The van der Waals surface area contributed by atoms with Gasteiger partial charge in [0.25, 0.3) is 16.8 Å². The van der Waals surface area contributed by atoms with Crippen LogP contribution >= 0.6 is 34.4 Å². The topological polar surface area (TPSA) is 154 Å². The number of aryl methyl sites for hydroxylation is 1. The summed E-state index contributed by atoms with van der Waals surface area (Å²) in [5.41, 5.74) is 5.49. The van der Waals surface area contributed by atoms with Gasteiger partial charge in [-0.2, -0.15) is 4.57 Å². The zero-order valence-electron chi connectivity index (χ0n) is 18.4. The van der Waals surface area contributed by atoms with Crippen LogP contribution in [-0.2, 0) is 19.2 Å². The van der Waals surface area contributed by atoms with E-state index in [-0.39, 0.29) is 22.2 Å². The number of hydrogen-bond acceptors (Lipinski definition) is 11. The zero-order valence-corrected chi connectivity index (χ0v) is 20.8. The number of nitrogens with two attached hydrogens (primary N) is 1. The molecule has 14 heteroatoms. The van der Waals surface area contributed by atoms with Crippen LogP contribution < -0.4 is 20.7 Å². The quantitative estimate of drug-likeness (QED) is 0.194. The van der Waals surface area contributed by atoms with Gasteiger partial charge in [-0.1, -0.05) is 16.9 Å². The maximum Gasteiger partial charge on any atom is 0.276 e. The number of carboxylic acids is 1. The lowest BCUT2D eigenvalue weighted by molar-refractivity contribution is -0.572. The molecule has 2 atom stereocenters. The molecule has 0 spiro atoms. The molecule has 3 aromatic heterocycles. The van der Waals surface area contributed by atoms with Gasteiger partial charge in [0.1, 0.15) is 24.5 Å². The van der Waals surface area contributed by atoms with E-state index in [4.69, 9.17) is 10.6 Å². The number of thioether (sulfide) groups is 1. The Hall–Kier alpha value is -3.49. The first-order valence-corrected chi connectivity index (χ1v) is 12.9. The van der Waals surface area contributed by atoms with Gasteiger partial charge in [0, 0.05) is 27.5 Å². The Morgan fingerprint density at radius 3 is 2.91 bits per heavy atom. The SMILES string of the molecule is CON=C(C(=O)NC1C(=O)N2C(C(=O)[O-])=C([n+]3ccc4cc(C)sc4c3)SCC12)c1csc(N)n1. The van der Waals surface area contributed by atoms with Gasteiger partial charge >= 0.3 is 0 Å². The van der Waals surface area contributed by atoms with E-state index in [0.29, 0.717) is 10.8 Å². The van der Waals surface area contributed by atoms with Gasteiger partial charge in [-0.05, 0) is 13.0 Å². The molecule has 2 amide bonds. The van der Waals surface area contributed by atoms with E-state index in [2.05, 4.69) is 21.5 Å². The molecule has 1 fully saturated rings. The molecule has 3 N–H and O–H groups in total. The molecule has 0 saturated carbocycles. The summed E-state index contributed by atoms with van der Waals surface area (Å²) in [6.45, 7) is 2.00. The summed E-state index contributed by atoms with van der Waals surface area (Å²) in [6.07, 6.45) is 3.60. The molecule has 2 unspecified atom stereocenters. The Labute approximate surface area is 210 Å². The molecule has 2 aliphatic heterocycles. The summed E-state index contributed by atoms with van der Waals surface area (Å²) in [7, 11) is 1.28. The van der Waals surface area contributed by atoms with Crippen LogP contribution in [0.15, 0.2) is 40.8 Å². The fourth-order valence-electron chi connectivity index (χ4n) is 4.01. The first kappa shape index (κ1) is 23.3. The number of rotatable bonds is 6. The van der Waals surface area contributed by atoms with Crippen molar-refractivity contribution in [2.45, 2.75) is 19.0 Å². The van der Waals surface area contributed by atoms with Gasteiger partial charge in [-0.3, -0.25) is 14.5 Å². The molecular weight excluding hydrogens is 512 g/mol. The van der Waals surface area contributed by atoms with Gasteiger partial charge in [0.2, 0.25) is 0 Å². The monoisotopic (exact) mass is 530 g/mol. The number of carbonyl (C=O) groups is 3. The number of thiazole rings is 1. The molecule has 180 valence electrons. The minimum atomic E-state index is -1.47. The van der Waals surface area contributed by atoms with Crippen molar-refractivity contribution >= 4 is 78.2 Å². The van der Waals surface area contributed by atoms with Crippen LogP contribution in [0.5, 0.6) is 0 Å². The number of oxime groups is 1. The third kappa shape index (κ3) is 4.02. The number of thiophene rings is 1. The van der Waals surface area contributed by atoms with Crippen LogP contribution in [0.1, 0.15) is 10.6 Å². The van der Waals surface area contributed by atoms with E-state index in [1.165, 1.54) is 23.8 Å². The number of nitrogens with zero attached hydrogens (tertiary/aromatic N) is 4. The lowest BCUT2D eigenvalue weighted by Gasteiger charge is -2.49. The number of nitrogens with one attached hydrogen (secondary N) is 1. The molecule has 2 aliphatic rings. The predicted molar refractivity (Wildman–Crippen MR) is 130 cm³/mol. The minimum Gasteiger partial charge on any atom is -0.543 e. The number of anilines is 1. The summed E-state index contributed by atoms with van der Waals surface area (Å²) in [4.78, 5) is 49.1. The molecule has 35 heavy (non-hydrogen) atoms. The van der Waals surface area contributed by atoms with Crippen molar-refractivity contribution in [3.8, 4) is 0 Å². The fourth-order valence-corrected chi connectivity index (χ4v) is 6.75. The van der Waals surface area contributed by atoms with Crippen LogP contribution in [0.3, 0.4) is 0 Å². The number of aromatic nitrogens is 2. The van der Waals surface area contributed by atoms with Gasteiger partial charge in [0.05, 0.1) is 16.7 Å². The molecule has 11 nitrogen and oxygen atoms in total. The Kier molecular flexibility index (Phi) is 5.94. The van der Waals surface area contributed by atoms with E-state index < -0.39 is 29.9 Å². The van der Waals surface area contributed by atoms with E-state index in [1.807, 2.05) is 19.2 Å². The summed E-state index contributed by atoms with van der Waals surface area (Å²) in [5, 5.41) is 21.7. The molecular formula is C21H18N6O5S3. The molecule has 0 aliphatic carbocycles. The van der Waals surface area contributed by atoms with Crippen LogP contribution in [0.25, 0.3) is 15.1 Å². The van der Waals surface area contributed by atoms with Crippen molar-refractivity contribution in [3.63, 3.8) is 0 Å². The first-order valence-electron chi connectivity index (χ1n) is 10.2. The highest BCUT2D eigenvalue weighted by atomic mass is 32.2. The Morgan fingerprint density at radius 2 is 2.23 bits per heavy atom. The molecule has 1 saturated heterocycles. The number of carbonyl (C=O) groups excluding carboxylic acids is 3. The highest BCUT2D eigenvalue weighted by molar-refractivity contribution is 8.07. The van der Waals surface area contributed by atoms with Crippen molar-refractivity contribution in [2.75, 3.05) is 18.6 Å². The molecule has 0 aromatic carbocycles. The van der Waals surface area contributed by atoms with E-state index in [1.54, 1.807) is 27.5 Å². The summed E-state index contributed by atoms with van der Waals surface area (Å²) in [5.74, 6) is -2.33. The Morgan fingerprint density at radius 1 is 1.43 bits per heavy atom. The fraction of sp³-hybridized carbons (Fsp3) is 0.238.